The molecule has 1 aromatic carbocycles. The molecule has 1 rings (SSSR count). The molecular weight excluding hydrogens is 316 g/mol. The molecule has 0 aromatic heterocycles. The second-order valence-corrected chi connectivity index (χ2v) is 4.69. The van der Waals surface area contributed by atoms with Crippen molar-refractivity contribution in [2.75, 3.05) is 33.5 Å². The van der Waals surface area contributed by atoms with E-state index < -0.39 is 0 Å². The third-order valence-electron chi connectivity index (χ3n) is 1.99. The van der Waals surface area contributed by atoms with Gasteiger partial charge in [0.05, 0.1) is 19.8 Å². The Kier molecular flexibility index (Phi) is 49.0. The highest BCUT2D eigenvalue weighted by atomic mass is 16.5. The van der Waals surface area contributed by atoms with Crippen molar-refractivity contribution in [2.45, 2.75) is 67.4 Å². The normalized spacial score (nSPS) is 8.20. The molecule has 4 nitrogen and oxygen atoms in total. The highest BCUT2D eigenvalue weighted by molar-refractivity contribution is 5.13. The molecule has 0 saturated heterocycles. The largest absolute Gasteiger partial charge is 0.396 e. The van der Waals surface area contributed by atoms with Crippen LogP contribution in [0.2, 0.25) is 0 Å². The van der Waals surface area contributed by atoms with Crippen molar-refractivity contribution in [1.82, 2.24) is 0 Å². The standard InChI is InChI=1S/C10H14O2.2C3H8O.C3H8.C2H6/c1-11-7-8-12-9-10-5-3-2-4-6-10;2*1-2-3-4;1-3-2;1-2/h2-6H,7-9H2,1H3;2*4H,2-3H2,1H3;3H2,1-2H3;1-2H3. The molecule has 0 amide bonds. The minimum atomic E-state index is 0.319. The quantitative estimate of drug-likeness (QED) is 0.667. The van der Waals surface area contributed by atoms with Gasteiger partial charge in [0, 0.05) is 20.3 Å². The number of aliphatic hydroxyl groups excluding tert-OH is 2. The van der Waals surface area contributed by atoms with Crippen molar-refractivity contribution >= 4 is 0 Å². The smallest absolute Gasteiger partial charge is 0.0718 e. The molecule has 0 heterocycles. The van der Waals surface area contributed by atoms with E-state index in [1.807, 2.05) is 58.0 Å². The Labute approximate surface area is 157 Å². The summed E-state index contributed by atoms with van der Waals surface area (Å²) in [6.07, 6.45) is 3.00. The van der Waals surface area contributed by atoms with E-state index in [2.05, 4.69) is 13.8 Å². The van der Waals surface area contributed by atoms with Crippen LogP contribution in [0, 0.1) is 0 Å². The third-order valence-corrected chi connectivity index (χ3v) is 1.99. The van der Waals surface area contributed by atoms with E-state index in [9.17, 15) is 0 Å². The van der Waals surface area contributed by atoms with Crippen LogP contribution in [0.3, 0.4) is 0 Å². The van der Waals surface area contributed by atoms with Gasteiger partial charge in [-0.15, -0.1) is 0 Å². The molecule has 2 N–H and O–H groups in total. The summed E-state index contributed by atoms with van der Waals surface area (Å²) in [6.45, 7) is 14.7. The maximum Gasteiger partial charge on any atom is 0.0718 e. The van der Waals surface area contributed by atoms with Crippen molar-refractivity contribution < 1.29 is 19.7 Å². The highest BCUT2D eigenvalue weighted by Crippen LogP contribution is 1.99. The number of hydrogen-bond donors (Lipinski definition) is 2. The van der Waals surface area contributed by atoms with Gasteiger partial charge in [0.2, 0.25) is 0 Å². The van der Waals surface area contributed by atoms with Crippen LogP contribution in [-0.4, -0.2) is 43.8 Å². The Morgan fingerprint density at radius 1 is 0.800 bits per heavy atom. The Bertz CT molecular complexity index is 258. The Morgan fingerprint density at radius 2 is 1.20 bits per heavy atom. The second-order valence-electron chi connectivity index (χ2n) is 4.69. The summed E-state index contributed by atoms with van der Waals surface area (Å²) in [4.78, 5) is 0. The predicted octanol–water partition coefficient (Wildman–Crippen LogP) is 5.07. The lowest BCUT2D eigenvalue weighted by Gasteiger charge is -2.02. The maximum absolute atomic E-state index is 7.88. The molecule has 4 heteroatoms. The second kappa shape index (κ2) is 38.6. The van der Waals surface area contributed by atoms with Crippen LogP contribution in [0.1, 0.15) is 66.4 Å². The summed E-state index contributed by atoms with van der Waals surface area (Å²) in [5.74, 6) is 0. The van der Waals surface area contributed by atoms with Gasteiger partial charge in [-0.1, -0.05) is 78.3 Å². The number of methoxy groups -OCH3 is 1. The van der Waals surface area contributed by atoms with E-state index in [0.29, 0.717) is 33.0 Å². The number of benzene rings is 1. The zero-order chi connectivity index (χ0) is 20.2. The molecule has 0 atom stereocenters. The van der Waals surface area contributed by atoms with Crippen molar-refractivity contribution in [3.05, 3.63) is 35.9 Å². The van der Waals surface area contributed by atoms with E-state index in [-0.39, 0.29) is 0 Å². The Morgan fingerprint density at radius 3 is 1.52 bits per heavy atom. The van der Waals surface area contributed by atoms with Gasteiger partial charge in [-0.25, -0.2) is 0 Å². The zero-order valence-electron chi connectivity index (χ0n) is 17.8. The molecule has 0 aliphatic rings. The monoisotopic (exact) mass is 360 g/mol. The molecule has 0 unspecified atom stereocenters. The van der Waals surface area contributed by atoms with Crippen LogP contribution in [0.4, 0.5) is 0 Å². The van der Waals surface area contributed by atoms with Crippen LogP contribution < -0.4 is 0 Å². The SMILES string of the molecule is CC.CCC.CCCO.CCCO.COCCOCc1ccccc1. The molecular formula is C21H44O4. The minimum Gasteiger partial charge on any atom is -0.396 e. The zero-order valence-corrected chi connectivity index (χ0v) is 17.8. The van der Waals surface area contributed by atoms with E-state index in [1.54, 1.807) is 7.11 Å². The summed E-state index contributed by atoms with van der Waals surface area (Å²) in [5.41, 5.74) is 1.20. The predicted molar refractivity (Wildman–Crippen MR) is 110 cm³/mol. The van der Waals surface area contributed by atoms with Crippen molar-refractivity contribution in [3.63, 3.8) is 0 Å². The molecule has 152 valence electrons. The van der Waals surface area contributed by atoms with E-state index in [4.69, 9.17) is 19.7 Å². The Balaban J connectivity index is -0.000000141. The van der Waals surface area contributed by atoms with Gasteiger partial charge in [0.1, 0.15) is 0 Å². The van der Waals surface area contributed by atoms with E-state index in [0.717, 1.165) is 12.8 Å². The number of hydrogen-bond acceptors (Lipinski definition) is 4. The molecule has 0 bridgehead atoms. The average Bonchev–Trinajstić information content (AvgIpc) is 2.69. The summed E-state index contributed by atoms with van der Waals surface area (Å²) in [6, 6.07) is 10.1. The molecule has 1 aromatic rings. The Hall–Kier alpha value is -0.940. The number of rotatable bonds is 7. The fraction of sp³-hybridized carbons (Fsp3) is 0.714. The lowest BCUT2D eigenvalue weighted by molar-refractivity contribution is 0.0616. The molecule has 0 saturated carbocycles. The summed E-state index contributed by atoms with van der Waals surface area (Å²) in [5, 5.41) is 15.8. The van der Waals surface area contributed by atoms with Crippen LogP contribution in [-0.2, 0) is 16.1 Å². The molecule has 0 aliphatic heterocycles. The topological polar surface area (TPSA) is 58.9 Å². The lowest BCUT2D eigenvalue weighted by atomic mass is 10.2. The molecule has 0 aliphatic carbocycles. The summed E-state index contributed by atoms with van der Waals surface area (Å²) >= 11 is 0. The van der Waals surface area contributed by atoms with Crippen LogP contribution >= 0.6 is 0 Å². The van der Waals surface area contributed by atoms with Gasteiger partial charge in [-0.3, -0.25) is 0 Å². The van der Waals surface area contributed by atoms with Gasteiger partial charge in [0.25, 0.3) is 0 Å². The van der Waals surface area contributed by atoms with Crippen LogP contribution in [0.5, 0.6) is 0 Å². The summed E-state index contributed by atoms with van der Waals surface area (Å²) in [7, 11) is 1.67. The van der Waals surface area contributed by atoms with Crippen molar-refractivity contribution in [3.8, 4) is 0 Å². The van der Waals surface area contributed by atoms with Crippen molar-refractivity contribution in [1.29, 1.82) is 0 Å². The third kappa shape index (κ3) is 45.1. The first-order valence-electron chi connectivity index (χ1n) is 9.50. The molecule has 0 radical (unpaired) electrons. The number of ether oxygens (including phenoxy) is 2. The maximum atomic E-state index is 7.88. The summed E-state index contributed by atoms with van der Waals surface area (Å²) < 4.78 is 10.2. The minimum absolute atomic E-state index is 0.319. The molecule has 0 spiro atoms. The first-order valence-corrected chi connectivity index (χ1v) is 9.50. The molecule has 0 fully saturated rings. The van der Waals surface area contributed by atoms with E-state index >= 15 is 0 Å². The highest BCUT2D eigenvalue weighted by Gasteiger charge is 1.90. The van der Waals surface area contributed by atoms with Gasteiger partial charge in [0.15, 0.2) is 0 Å². The number of aliphatic hydroxyl groups is 2. The first kappa shape index (κ1) is 31.8. The van der Waals surface area contributed by atoms with Crippen LogP contribution in [0.25, 0.3) is 0 Å². The van der Waals surface area contributed by atoms with Gasteiger partial charge in [-0.2, -0.15) is 0 Å². The van der Waals surface area contributed by atoms with E-state index in [1.165, 1.54) is 12.0 Å². The molecule has 25 heavy (non-hydrogen) atoms. The van der Waals surface area contributed by atoms with Crippen molar-refractivity contribution in [2.24, 2.45) is 0 Å². The fourth-order valence-corrected chi connectivity index (χ4v) is 0.907. The fourth-order valence-electron chi connectivity index (χ4n) is 0.907. The average molecular weight is 361 g/mol. The van der Waals surface area contributed by atoms with Gasteiger partial charge in [-0.05, 0) is 18.4 Å². The van der Waals surface area contributed by atoms with Crippen LogP contribution in [0.15, 0.2) is 30.3 Å². The lowest BCUT2D eigenvalue weighted by Crippen LogP contribution is -2.01. The van der Waals surface area contributed by atoms with Gasteiger partial charge >= 0.3 is 0 Å². The first-order chi connectivity index (χ1) is 12.2. The van der Waals surface area contributed by atoms with Gasteiger partial charge < -0.3 is 19.7 Å².